The highest BCUT2D eigenvalue weighted by Crippen LogP contribution is 2.32. The zero-order valence-corrected chi connectivity index (χ0v) is 14.1. The maximum atomic E-state index is 6.21. The summed E-state index contributed by atoms with van der Waals surface area (Å²) < 4.78 is 0. The van der Waals surface area contributed by atoms with E-state index in [2.05, 4.69) is 22.5 Å². The summed E-state index contributed by atoms with van der Waals surface area (Å²) >= 11 is 18.4. The summed E-state index contributed by atoms with van der Waals surface area (Å²) in [6.45, 7) is 4.86. The minimum atomic E-state index is 0.460. The van der Waals surface area contributed by atoms with E-state index in [1.165, 1.54) is 0 Å². The van der Waals surface area contributed by atoms with Gasteiger partial charge in [-0.3, -0.25) is 0 Å². The predicted molar refractivity (Wildman–Crippen MR) is 92.5 cm³/mol. The first-order chi connectivity index (χ1) is 10.0. The predicted octanol–water partition coefficient (Wildman–Crippen LogP) is 5.92. The molecule has 0 bridgehead atoms. The molecule has 1 aromatic carbocycles. The average Bonchev–Trinajstić information content (AvgIpc) is 2.44. The zero-order valence-electron chi connectivity index (χ0n) is 11.8. The highest BCUT2D eigenvalue weighted by Gasteiger charge is 2.10. The number of benzene rings is 1. The molecule has 0 unspecified atom stereocenters. The molecule has 0 aliphatic rings. The van der Waals surface area contributed by atoms with Gasteiger partial charge in [-0.25, -0.2) is 4.98 Å². The Morgan fingerprint density at radius 2 is 1.76 bits per heavy atom. The van der Waals surface area contributed by atoms with E-state index in [4.69, 9.17) is 34.8 Å². The molecule has 3 nitrogen and oxygen atoms in total. The van der Waals surface area contributed by atoms with Gasteiger partial charge in [-0.15, -0.1) is 0 Å². The molecule has 0 fully saturated rings. The molecule has 6 heteroatoms. The van der Waals surface area contributed by atoms with Crippen molar-refractivity contribution in [3.63, 3.8) is 0 Å². The molecular weight excluding hydrogens is 329 g/mol. The molecule has 0 saturated heterocycles. The van der Waals surface area contributed by atoms with Gasteiger partial charge in [0, 0.05) is 17.3 Å². The molecule has 0 aliphatic heterocycles. The zero-order chi connectivity index (χ0) is 15.4. The first kappa shape index (κ1) is 16.2. The van der Waals surface area contributed by atoms with Crippen LogP contribution in [0.15, 0.2) is 24.3 Å². The van der Waals surface area contributed by atoms with Crippen molar-refractivity contribution in [2.24, 2.45) is 0 Å². The van der Waals surface area contributed by atoms with Crippen molar-refractivity contribution in [3.8, 4) is 0 Å². The lowest BCUT2D eigenvalue weighted by Crippen LogP contribution is -2.05. The lowest BCUT2D eigenvalue weighted by Gasteiger charge is -2.13. The van der Waals surface area contributed by atoms with Crippen LogP contribution < -0.4 is 10.6 Å². The molecule has 0 amide bonds. The van der Waals surface area contributed by atoms with Gasteiger partial charge in [-0.2, -0.15) is 0 Å². The summed E-state index contributed by atoms with van der Waals surface area (Å²) in [6.07, 6.45) is 0.983. The van der Waals surface area contributed by atoms with Gasteiger partial charge in [0.25, 0.3) is 0 Å². The Labute approximate surface area is 139 Å². The molecular formula is C15H16Cl3N3. The van der Waals surface area contributed by atoms with Crippen molar-refractivity contribution < 1.29 is 0 Å². The monoisotopic (exact) mass is 343 g/mol. The summed E-state index contributed by atoms with van der Waals surface area (Å²) in [6, 6.07) is 7.29. The van der Waals surface area contributed by atoms with E-state index >= 15 is 0 Å². The van der Waals surface area contributed by atoms with Crippen LogP contribution in [0, 0.1) is 6.92 Å². The van der Waals surface area contributed by atoms with E-state index < -0.39 is 0 Å². The van der Waals surface area contributed by atoms with Crippen molar-refractivity contribution in [3.05, 3.63) is 44.9 Å². The summed E-state index contributed by atoms with van der Waals surface area (Å²) in [5.74, 6) is 1.16. The Morgan fingerprint density at radius 1 is 1.05 bits per heavy atom. The second kappa shape index (κ2) is 7.21. The van der Waals surface area contributed by atoms with Gasteiger partial charge >= 0.3 is 0 Å². The van der Waals surface area contributed by atoms with Crippen LogP contribution in [0.5, 0.6) is 0 Å². The van der Waals surface area contributed by atoms with Gasteiger partial charge in [-0.1, -0.05) is 47.8 Å². The van der Waals surface area contributed by atoms with Gasteiger partial charge in [0.05, 0.1) is 10.0 Å². The van der Waals surface area contributed by atoms with E-state index in [0.717, 1.165) is 24.2 Å². The maximum Gasteiger partial charge on any atom is 0.151 e. The lowest BCUT2D eigenvalue weighted by molar-refractivity contribution is 0.970. The van der Waals surface area contributed by atoms with E-state index in [9.17, 15) is 0 Å². The van der Waals surface area contributed by atoms with Gasteiger partial charge in [0.2, 0.25) is 0 Å². The second-order valence-corrected chi connectivity index (χ2v) is 5.91. The van der Waals surface area contributed by atoms with Crippen molar-refractivity contribution in [2.45, 2.75) is 20.3 Å². The highest BCUT2D eigenvalue weighted by atomic mass is 35.5. The number of hydrogen-bond acceptors (Lipinski definition) is 3. The number of aromatic nitrogens is 1. The van der Waals surface area contributed by atoms with Crippen LogP contribution in [0.1, 0.15) is 18.9 Å². The highest BCUT2D eigenvalue weighted by molar-refractivity contribution is 6.37. The number of aryl methyl sites for hydroxylation is 1. The van der Waals surface area contributed by atoms with Crippen LogP contribution >= 0.6 is 34.8 Å². The van der Waals surface area contributed by atoms with Gasteiger partial charge in [0.1, 0.15) is 5.82 Å². The van der Waals surface area contributed by atoms with E-state index in [1.807, 2.05) is 25.1 Å². The second-order valence-electron chi connectivity index (χ2n) is 4.66. The van der Waals surface area contributed by atoms with Crippen LogP contribution in [0.3, 0.4) is 0 Å². The molecule has 21 heavy (non-hydrogen) atoms. The number of nitrogens with one attached hydrogen (secondary N) is 2. The first-order valence-electron chi connectivity index (χ1n) is 6.64. The first-order valence-corrected chi connectivity index (χ1v) is 7.77. The van der Waals surface area contributed by atoms with Crippen LogP contribution in [0.25, 0.3) is 0 Å². The normalized spacial score (nSPS) is 10.5. The van der Waals surface area contributed by atoms with E-state index in [0.29, 0.717) is 26.7 Å². The molecule has 0 atom stereocenters. The molecule has 0 spiro atoms. The Morgan fingerprint density at radius 3 is 2.48 bits per heavy atom. The van der Waals surface area contributed by atoms with Gasteiger partial charge in [0.15, 0.2) is 5.82 Å². The Bertz CT molecular complexity index is 644. The Hall–Kier alpha value is -1.16. The summed E-state index contributed by atoms with van der Waals surface area (Å²) in [5, 5.41) is 7.99. The van der Waals surface area contributed by atoms with Crippen LogP contribution in [-0.4, -0.2) is 11.5 Å². The fraction of sp³-hybridized carbons (Fsp3) is 0.267. The molecule has 112 valence electrons. The Kier molecular flexibility index (Phi) is 5.57. The van der Waals surface area contributed by atoms with Crippen molar-refractivity contribution in [2.75, 3.05) is 17.2 Å². The van der Waals surface area contributed by atoms with Crippen molar-refractivity contribution >= 4 is 52.1 Å². The molecule has 2 aromatic rings. The third kappa shape index (κ3) is 4.16. The average molecular weight is 345 g/mol. The standard InChI is InChI=1S/C15H16Cl3N3/c1-3-6-19-14-11(17)8-12(18)15(21-14)20-13-7-10(16)5-4-9(13)2/h4-5,7-8H,3,6H2,1-2H3,(H2,19,20,21). The topological polar surface area (TPSA) is 37.0 Å². The summed E-state index contributed by atoms with van der Waals surface area (Å²) in [5.41, 5.74) is 1.91. The minimum absolute atomic E-state index is 0.460. The Balaban J connectivity index is 2.32. The maximum absolute atomic E-state index is 6.21. The summed E-state index contributed by atoms with van der Waals surface area (Å²) in [7, 11) is 0. The van der Waals surface area contributed by atoms with Crippen LogP contribution in [0.2, 0.25) is 15.1 Å². The quantitative estimate of drug-likeness (QED) is 0.707. The number of halogens is 3. The fourth-order valence-electron chi connectivity index (χ4n) is 1.78. The smallest absolute Gasteiger partial charge is 0.151 e. The van der Waals surface area contributed by atoms with Gasteiger partial charge < -0.3 is 10.6 Å². The number of rotatable bonds is 5. The molecule has 1 heterocycles. The molecule has 0 saturated carbocycles. The van der Waals surface area contributed by atoms with E-state index in [-0.39, 0.29) is 0 Å². The SMILES string of the molecule is CCCNc1nc(Nc2cc(Cl)ccc2C)c(Cl)cc1Cl. The third-order valence-electron chi connectivity index (χ3n) is 2.92. The molecule has 1 aromatic heterocycles. The van der Waals surface area contributed by atoms with Crippen molar-refractivity contribution in [1.82, 2.24) is 4.98 Å². The van der Waals surface area contributed by atoms with Gasteiger partial charge in [-0.05, 0) is 37.1 Å². The van der Waals surface area contributed by atoms with Crippen LogP contribution in [-0.2, 0) is 0 Å². The van der Waals surface area contributed by atoms with Crippen molar-refractivity contribution in [1.29, 1.82) is 0 Å². The molecule has 2 rings (SSSR count). The number of anilines is 3. The van der Waals surface area contributed by atoms with E-state index in [1.54, 1.807) is 6.07 Å². The minimum Gasteiger partial charge on any atom is -0.369 e. The molecule has 2 N–H and O–H groups in total. The number of pyridine rings is 1. The molecule has 0 radical (unpaired) electrons. The lowest BCUT2D eigenvalue weighted by atomic mass is 10.2. The molecule has 0 aliphatic carbocycles. The largest absolute Gasteiger partial charge is 0.369 e. The number of nitrogens with zero attached hydrogens (tertiary/aromatic N) is 1. The number of hydrogen-bond donors (Lipinski definition) is 2. The third-order valence-corrected chi connectivity index (χ3v) is 3.74. The van der Waals surface area contributed by atoms with Crippen LogP contribution in [0.4, 0.5) is 17.3 Å². The fourth-order valence-corrected chi connectivity index (χ4v) is 2.42. The summed E-state index contributed by atoms with van der Waals surface area (Å²) in [4.78, 5) is 4.45.